The fourth-order valence-corrected chi connectivity index (χ4v) is 3.81. The second-order valence-electron chi connectivity index (χ2n) is 7.35. The van der Waals surface area contributed by atoms with Crippen molar-refractivity contribution in [3.8, 4) is 5.75 Å². The molecule has 7 heteroatoms. The highest BCUT2D eigenvalue weighted by atomic mass is 19.1. The fraction of sp³-hybridized carbons (Fsp3) is 0.391. The number of hydrogen-bond donors (Lipinski definition) is 1. The van der Waals surface area contributed by atoms with Crippen LogP contribution in [-0.4, -0.2) is 57.2 Å². The summed E-state index contributed by atoms with van der Waals surface area (Å²) in [4.78, 5) is 27.6. The maximum absolute atomic E-state index is 13.8. The molecule has 0 aromatic heterocycles. The van der Waals surface area contributed by atoms with Crippen LogP contribution in [0.1, 0.15) is 28.3 Å². The Morgan fingerprint density at radius 2 is 1.93 bits per heavy atom. The largest absolute Gasteiger partial charge is 0.497 e. The maximum Gasteiger partial charge on any atom is 0.254 e. The van der Waals surface area contributed by atoms with Crippen LogP contribution in [0.15, 0.2) is 48.5 Å². The summed E-state index contributed by atoms with van der Waals surface area (Å²) in [7, 11) is 3.16. The van der Waals surface area contributed by atoms with Gasteiger partial charge in [0.25, 0.3) is 5.91 Å². The van der Waals surface area contributed by atoms with E-state index in [-0.39, 0.29) is 30.1 Å². The van der Waals surface area contributed by atoms with Crippen molar-refractivity contribution in [1.82, 2.24) is 10.2 Å². The topological polar surface area (TPSA) is 67.9 Å². The van der Waals surface area contributed by atoms with Crippen molar-refractivity contribution in [1.29, 1.82) is 0 Å². The summed E-state index contributed by atoms with van der Waals surface area (Å²) in [5.41, 5.74) is 1.21. The summed E-state index contributed by atoms with van der Waals surface area (Å²) in [6.07, 6.45) is 0.700. The maximum atomic E-state index is 13.8. The number of likely N-dealkylation sites (tertiary alicyclic amines) is 1. The molecule has 2 atom stereocenters. The molecule has 0 radical (unpaired) electrons. The van der Waals surface area contributed by atoms with Crippen LogP contribution in [-0.2, 0) is 9.53 Å². The van der Waals surface area contributed by atoms with Gasteiger partial charge < -0.3 is 19.7 Å². The van der Waals surface area contributed by atoms with Gasteiger partial charge in [-0.2, -0.15) is 0 Å². The van der Waals surface area contributed by atoms with E-state index in [4.69, 9.17) is 9.47 Å². The first-order chi connectivity index (χ1) is 14.5. The Kier molecular flexibility index (Phi) is 7.41. The number of ether oxygens (including phenoxy) is 2. The molecule has 1 aliphatic heterocycles. The highest BCUT2D eigenvalue weighted by Crippen LogP contribution is 2.34. The van der Waals surface area contributed by atoms with E-state index in [1.165, 1.54) is 12.1 Å². The Morgan fingerprint density at radius 3 is 2.67 bits per heavy atom. The van der Waals surface area contributed by atoms with Gasteiger partial charge in [0.15, 0.2) is 0 Å². The molecule has 1 saturated heterocycles. The third-order valence-corrected chi connectivity index (χ3v) is 5.36. The molecule has 0 bridgehead atoms. The molecule has 1 fully saturated rings. The van der Waals surface area contributed by atoms with Gasteiger partial charge in [-0.1, -0.05) is 18.2 Å². The van der Waals surface area contributed by atoms with E-state index >= 15 is 0 Å². The van der Waals surface area contributed by atoms with E-state index in [1.807, 2.05) is 0 Å². The molecule has 0 unspecified atom stereocenters. The van der Waals surface area contributed by atoms with E-state index < -0.39 is 5.92 Å². The Hall–Kier alpha value is -2.93. The molecule has 2 amide bonds. The standard InChI is InChI=1S/C23H27FN2O4/c1-29-11-5-10-25-22(27)21-15-26(14-20(21)16-6-3-8-18(24)12-16)23(28)17-7-4-9-19(13-17)30-2/h3-4,6-9,12-13,20-21H,5,10-11,14-15H2,1-2H3,(H,25,27)/t20-,21+/m1/s1. The molecule has 1 N–H and O–H groups in total. The number of carbonyl (C=O) groups excluding carboxylic acids is 2. The number of benzene rings is 2. The lowest BCUT2D eigenvalue weighted by Crippen LogP contribution is -2.36. The molecule has 0 saturated carbocycles. The number of halogens is 1. The number of nitrogens with one attached hydrogen (secondary N) is 1. The minimum Gasteiger partial charge on any atom is -0.497 e. The summed E-state index contributed by atoms with van der Waals surface area (Å²) < 4.78 is 24.1. The van der Waals surface area contributed by atoms with Crippen LogP contribution in [0.5, 0.6) is 5.75 Å². The van der Waals surface area contributed by atoms with Crippen LogP contribution in [0, 0.1) is 11.7 Å². The van der Waals surface area contributed by atoms with Gasteiger partial charge in [0.05, 0.1) is 13.0 Å². The van der Waals surface area contributed by atoms with Crippen molar-refractivity contribution in [2.75, 3.05) is 40.5 Å². The molecule has 1 aliphatic rings. The SMILES string of the molecule is COCCCNC(=O)[C@H]1CN(C(=O)c2cccc(OC)c2)C[C@@H]1c1cccc(F)c1. The molecule has 3 rings (SSSR count). The van der Waals surface area contributed by atoms with Gasteiger partial charge in [-0.25, -0.2) is 4.39 Å². The molecule has 6 nitrogen and oxygen atoms in total. The molecule has 160 valence electrons. The molecule has 2 aromatic carbocycles. The van der Waals surface area contributed by atoms with Crippen molar-refractivity contribution in [3.63, 3.8) is 0 Å². The lowest BCUT2D eigenvalue weighted by Gasteiger charge is -2.18. The molecular weight excluding hydrogens is 387 g/mol. The normalized spacial score (nSPS) is 18.3. The van der Waals surface area contributed by atoms with Crippen LogP contribution in [0.2, 0.25) is 0 Å². The first-order valence-electron chi connectivity index (χ1n) is 9.99. The van der Waals surface area contributed by atoms with Crippen LogP contribution in [0.4, 0.5) is 4.39 Å². The third-order valence-electron chi connectivity index (χ3n) is 5.36. The van der Waals surface area contributed by atoms with E-state index in [9.17, 15) is 14.0 Å². The van der Waals surface area contributed by atoms with E-state index in [1.54, 1.807) is 55.5 Å². The Morgan fingerprint density at radius 1 is 1.13 bits per heavy atom. The van der Waals surface area contributed by atoms with Gasteiger partial charge in [-0.3, -0.25) is 9.59 Å². The molecular formula is C23H27FN2O4. The zero-order valence-electron chi connectivity index (χ0n) is 17.3. The summed E-state index contributed by atoms with van der Waals surface area (Å²) in [5, 5.41) is 2.92. The van der Waals surface area contributed by atoms with Gasteiger partial charge in [-0.15, -0.1) is 0 Å². The Bertz CT molecular complexity index is 889. The molecule has 0 spiro atoms. The van der Waals surface area contributed by atoms with Gasteiger partial charge in [0.2, 0.25) is 5.91 Å². The lowest BCUT2D eigenvalue weighted by molar-refractivity contribution is -0.124. The first-order valence-corrected chi connectivity index (χ1v) is 9.99. The second-order valence-corrected chi connectivity index (χ2v) is 7.35. The van der Waals surface area contributed by atoms with E-state index in [0.717, 1.165) is 0 Å². The zero-order chi connectivity index (χ0) is 21.5. The van der Waals surface area contributed by atoms with E-state index in [2.05, 4.69) is 5.32 Å². The summed E-state index contributed by atoms with van der Waals surface area (Å²) in [5.74, 6) is -0.814. The predicted octanol–water partition coefficient (Wildman–Crippen LogP) is 2.84. The van der Waals surface area contributed by atoms with Crippen molar-refractivity contribution >= 4 is 11.8 Å². The second kappa shape index (κ2) is 10.2. The molecule has 30 heavy (non-hydrogen) atoms. The highest BCUT2D eigenvalue weighted by Gasteiger charge is 2.40. The zero-order valence-corrected chi connectivity index (χ0v) is 17.3. The third kappa shape index (κ3) is 5.16. The van der Waals surface area contributed by atoms with Crippen LogP contribution >= 0.6 is 0 Å². The minimum absolute atomic E-state index is 0.138. The van der Waals surface area contributed by atoms with Crippen molar-refractivity contribution in [3.05, 3.63) is 65.5 Å². The monoisotopic (exact) mass is 414 g/mol. The quantitative estimate of drug-likeness (QED) is 0.675. The van der Waals surface area contributed by atoms with Gasteiger partial charge in [0.1, 0.15) is 11.6 Å². The summed E-state index contributed by atoms with van der Waals surface area (Å²) in [6, 6.07) is 13.2. The van der Waals surface area contributed by atoms with Crippen LogP contribution < -0.4 is 10.1 Å². The Balaban J connectivity index is 1.80. The van der Waals surface area contributed by atoms with Gasteiger partial charge in [-0.05, 0) is 42.3 Å². The van der Waals surface area contributed by atoms with Crippen LogP contribution in [0.25, 0.3) is 0 Å². The fourth-order valence-electron chi connectivity index (χ4n) is 3.81. The average Bonchev–Trinajstić information content (AvgIpc) is 3.22. The number of hydrogen-bond acceptors (Lipinski definition) is 4. The van der Waals surface area contributed by atoms with Gasteiger partial charge in [0, 0.05) is 44.8 Å². The number of amides is 2. The first kappa shape index (κ1) is 21.8. The number of carbonyl (C=O) groups is 2. The number of nitrogens with zero attached hydrogens (tertiary/aromatic N) is 1. The summed E-state index contributed by atoms with van der Waals surface area (Å²) >= 11 is 0. The predicted molar refractivity (Wildman–Crippen MR) is 111 cm³/mol. The van der Waals surface area contributed by atoms with Crippen molar-refractivity contribution < 1.29 is 23.5 Å². The molecule has 1 heterocycles. The number of rotatable bonds is 8. The molecule has 0 aliphatic carbocycles. The van der Waals surface area contributed by atoms with Gasteiger partial charge >= 0.3 is 0 Å². The average molecular weight is 414 g/mol. The number of methoxy groups -OCH3 is 2. The van der Waals surface area contributed by atoms with Crippen LogP contribution in [0.3, 0.4) is 0 Å². The van der Waals surface area contributed by atoms with E-state index in [0.29, 0.717) is 43.0 Å². The lowest BCUT2D eigenvalue weighted by atomic mass is 9.88. The highest BCUT2D eigenvalue weighted by molar-refractivity contribution is 5.95. The Labute approximate surface area is 176 Å². The molecule has 2 aromatic rings. The smallest absolute Gasteiger partial charge is 0.254 e. The van der Waals surface area contributed by atoms with Crippen molar-refractivity contribution in [2.24, 2.45) is 5.92 Å². The minimum atomic E-state index is -0.455. The summed E-state index contributed by atoms with van der Waals surface area (Å²) in [6.45, 7) is 1.66. The van der Waals surface area contributed by atoms with Crippen molar-refractivity contribution in [2.45, 2.75) is 12.3 Å².